The van der Waals surface area contributed by atoms with E-state index in [1.807, 2.05) is 26.8 Å². The standard InChI is InChI=1S/C16H27N3O3/c1-5-17-11-13-10-14(18-22-13)12-6-8-19(9-7-12)15(20)21-16(2,3)4/h10,12,17H,5-9,11H2,1-4H3. The Bertz CT molecular complexity index is 485. The van der Waals surface area contributed by atoms with E-state index in [1.165, 1.54) is 0 Å². The molecule has 0 atom stereocenters. The highest BCUT2D eigenvalue weighted by Crippen LogP contribution is 2.28. The average Bonchev–Trinajstić information content (AvgIpc) is 2.92. The fourth-order valence-corrected chi connectivity index (χ4v) is 2.54. The first-order valence-corrected chi connectivity index (χ1v) is 8.03. The first kappa shape index (κ1) is 16.8. The normalized spacial score (nSPS) is 16.8. The van der Waals surface area contributed by atoms with Crippen molar-refractivity contribution in [3.8, 4) is 0 Å². The van der Waals surface area contributed by atoms with Gasteiger partial charge in [0.2, 0.25) is 0 Å². The summed E-state index contributed by atoms with van der Waals surface area (Å²) < 4.78 is 10.8. The lowest BCUT2D eigenvalue weighted by Crippen LogP contribution is -2.41. The minimum atomic E-state index is -0.443. The zero-order valence-electron chi connectivity index (χ0n) is 14.0. The number of likely N-dealkylation sites (tertiary alicyclic amines) is 1. The van der Waals surface area contributed by atoms with Crippen molar-refractivity contribution in [1.29, 1.82) is 0 Å². The molecular formula is C16H27N3O3. The van der Waals surface area contributed by atoms with Crippen LogP contribution < -0.4 is 5.32 Å². The van der Waals surface area contributed by atoms with Crippen LogP contribution in [0.1, 0.15) is 57.9 Å². The molecule has 0 spiro atoms. The summed E-state index contributed by atoms with van der Waals surface area (Å²) in [6.45, 7) is 10.7. The van der Waals surface area contributed by atoms with Crippen molar-refractivity contribution in [3.05, 3.63) is 17.5 Å². The molecule has 2 heterocycles. The summed E-state index contributed by atoms with van der Waals surface area (Å²) >= 11 is 0. The van der Waals surface area contributed by atoms with Gasteiger partial charge in [0.1, 0.15) is 5.60 Å². The zero-order valence-corrected chi connectivity index (χ0v) is 14.0. The zero-order chi connectivity index (χ0) is 16.2. The Morgan fingerprint density at radius 1 is 1.45 bits per heavy atom. The molecule has 0 bridgehead atoms. The summed E-state index contributed by atoms with van der Waals surface area (Å²) in [6.07, 6.45) is 1.57. The van der Waals surface area contributed by atoms with Gasteiger partial charge < -0.3 is 19.5 Å². The number of nitrogens with zero attached hydrogens (tertiary/aromatic N) is 2. The van der Waals surface area contributed by atoms with Crippen LogP contribution in [0, 0.1) is 0 Å². The number of carbonyl (C=O) groups is 1. The molecular weight excluding hydrogens is 282 g/mol. The summed E-state index contributed by atoms with van der Waals surface area (Å²) in [5.74, 6) is 1.23. The number of nitrogens with one attached hydrogen (secondary N) is 1. The van der Waals surface area contributed by atoms with E-state index in [2.05, 4.69) is 17.4 Å². The Labute approximate surface area is 132 Å². The number of rotatable bonds is 4. The summed E-state index contributed by atoms with van der Waals surface area (Å²) in [6, 6.07) is 2.02. The molecule has 1 fully saturated rings. The predicted octanol–water partition coefficient (Wildman–Crippen LogP) is 2.90. The van der Waals surface area contributed by atoms with Crippen molar-refractivity contribution < 1.29 is 14.1 Å². The maximum Gasteiger partial charge on any atom is 0.410 e. The molecule has 6 heteroatoms. The summed E-state index contributed by atoms with van der Waals surface area (Å²) in [7, 11) is 0. The molecule has 1 aromatic rings. The summed E-state index contributed by atoms with van der Waals surface area (Å²) in [5, 5.41) is 7.39. The van der Waals surface area contributed by atoms with Crippen molar-refractivity contribution in [3.63, 3.8) is 0 Å². The molecule has 124 valence electrons. The second-order valence-corrected chi connectivity index (χ2v) is 6.74. The Balaban J connectivity index is 1.84. The number of hydrogen-bond acceptors (Lipinski definition) is 5. The molecule has 1 amide bonds. The fraction of sp³-hybridized carbons (Fsp3) is 0.750. The van der Waals surface area contributed by atoms with E-state index >= 15 is 0 Å². The van der Waals surface area contributed by atoms with Crippen LogP contribution in [-0.2, 0) is 11.3 Å². The van der Waals surface area contributed by atoms with Gasteiger partial charge in [-0.15, -0.1) is 0 Å². The number of carbonyl (C=O) groups excluding carboxylic acids is 1. The SMILES string of the molecule is CCNCc1cc(C2CCN(C(=O)OC(C)(C)C)CC2)no1. The van der Waals surface area contributed by atoms with E-state index in [1.54, 1.807) is 4.90 Å². The molecule has 0 radical (unpaired) electrons. The van der Waals surface area contributed by atoms with Crippen molar-refractivity contribution in [2.75, 3.05) is 19.6 Å². The van der Waals surface area contributed by atoms with Crippen molar-refractivity contribution in [1.82, 2.24) is 15.4 Å². The largest absolute Gasteiger partial charge is 0.444 e. The Morgan fingerprint density at radius 2 is 2.14 bits per heavy atom. The van der Waals surface area contributed by atoms with Crippen LogP contribution in [0.3, 0.4) is 0 Å². The van der Waals surface area contributed by atoms with Crippen LogP contribution in [0.25, 0.3) is 0 Å². The highest BCUT2D eigenvalue weighted by atomic mass is 16.6. The van der Waals surface area contributed by atoms with Crippen LogP contribution in [0.5, 0.6) is 0 Å². The highest BCUT2D eigenvalue weighted by molar-refractivity contribution is 5.68. The molecule has 6 nitrogen and oxygen atoms in total. The number of ether oxygens (including phenoxy) is 1. The fourth-order valence-electron chi connectivity index (χ4n) is 2.54. The lowest BCUT2D eigenvalue weighted by Gasteiger charge is -2.32. The molecule has 1 aliphatic rings. The van der Waals surface area contributed by atoms with Crippen LogP contribution in [0.4, 0.5) is 4.79 Å². The molecule has 2 rings (SSSR count). The monoisotopic (exact) mass is 309 g/mol. The predicted molar refractivity (Wildman–Crippen MR) is 83.7 cm³/mol. The van der Waals surface area contributed by atoms with Gasteiger partial charge in [-0.3, -0.25) is 0 Å². The van der Waals surface area contributed by atoms with Gasteiger partial charge in [-0.2, -0.15) is 0 Å². The third-order valence-electron chi connectivity index (χ3n) is 3.69. The smallest absolute Gasteiger partial charge is 0.410 e. The van der Waals surface area contributed by atoms with Crippen molar-refractivity contribution in [2.24, 2.45) is 0 Å². The maximum atomic E-state index is 12.0. The van der Waals surface area contributed by atoms with Gasteiger partial charge in [0.25, 0.3) is 0 Å². The second-order valence-electron chi connectivity index (χ2n) is 6.74. The van der Waals surface area contributed by atoms with Gasteiger partial charge in [-0.25, -0.2) is 4.79 Å². The van der Waals surface area contributed by atoms with Crippen molar-refractivity contribution in [2.45, 2.75) is 58.6 Å². The molecule has 1 saturated heterocycles. The third-order valence-corrected chi connectivity index (χ3v) is 3.69. The topological polar surface area (TPSA) is 67.6 Å². The van der Waals surface area contributed by atoms with E-state index in [-0.39, 0.29) is 6.09 Å². The second kappa shape index (κ2) is 7.13. The lowest BCUT2D eigenvalue weighted by atomic mass is 9.93. The molecule has 22 heavy (non-hydrogen) atoms. The van der Waals surface area contributed by atoms with Crippen LogP contribution >= 0.6 is 0 Å². The molecule has 1 N–H and O–H groups in total. The number of aromatic nitrogens is 1. The third kappa shape index (κ3) is 4.73. The molecule has 1 aromatic heterocycles. The van der Waals surface area contributed by atoms with Gasteiger partial charge >= 0.3 is 6.09 Å². The van der Waals surface area contributed by atoms with E-state index in [4.69, 9.17) is 9.26 Å². The van der Waals surface area contributed by atoms with E-state index in [0.717, 1.165) is 30.8 Å². The van der Waals surface area contributed by atoms with E-state index < -0.39 is 5.60 Å². The maximum absolute atomic E-state index is 12.0. The van der Waals surface area contributed by atoms with Gasteiger partial charge in [0.05, 0.1) is 12.2 Å². The van der Waals surface area contributed by atoms with Crippen molar-refractivity contribution >= 4 is 6.09 Å². The quantitative estimate of drug-likeness (QED) is 0.926. The summed E-state index contributed by atoms with van der Waals surface area (Å²) in [5.41, 5.74) is 0.554. The lowest BCUT2D eigenvalue weighted by molar-refractivity contribution is 0.0203. The van der Waals surface area contributed by atoms with Crippen LogP contribution in [0.2, 0.25) is 0 Å². The molecule has 0 saturated carbocycles. The Morgan fingerprint density at radius 3 is 2.73 bits per heavy atom. The number of piperidine rings is 1. The highest BCUT2D eigenvalue weighted by Gasteiger charge is 2.28. The molecule has 0 aliphatic carbocycles. The number of hydrogen-bond donors (Lipinski definition) is 1. The van der Waals surface area contributed by atoms with E-state index in [0.29, 0.717) is 25.6 Å². The number of amides is 1. The summed E-state index contributed by atoms with van der Waals surface area (Å²) in [4.78, 5) is 13.8. The molecule has 0 unspecified atom stereocenters. The Hall–Kier alpha value is -1.56. The first-order chi connectivity index (χ1) is 10.4. The molecule has 1 aliphatic heterocycles. The molecule has 0 aromatic carbocycles. The van der Waals surface area contributed by atoms with Gasteiger partial charge in [0, 0.05) is 25.1 Å². The van der Waals surface area contributed by atoms with Gasteiger partial charge in [-0.1, -0.05) is 12.1 Å². The average molecular weight is 309 g/mol. The van der Waals surface area contributed by atoms with Crippen LogP contribution in [-0.4, -0.2) is 41.4 Å². The Kier molecular flexibility index (Phi) is 5.45. The van der Waals surface area contributed by atoms with Crippen LogP contribution in [0.15, 0.2) is 10.6 Å². The minimum absolute atomic E-state index is 0.223. The van der Waals surface area contributed by atoms with Gasteiger partial charge in [0.15, 0.2) is 5.76 Å². The first-order valence-electron chi connectivity index (χ1n) is 8.03. The van der Waals surface area contributed by atoms with E-state index in [9.17, 15) is 4.79 Å². The van der Waals surface area contributed by atoms with Gasteiger partial charge in [-0.05, 0) is 40.2 Å². The minimum Gasteiger partial charge on any atom is -0.444 e.